The van der Waals surface area contributed by atoms with Gasteiger partial charge in [0, 0.05) is 0 Å². The van der Waals surface area contributed by atoms with Gasteiger partial charge in [-0.1, -0.05) is 37.5 Å². The van der Waals surface area contributed by atoms with Crippen molar-refractivity contribution in [3.05, 3.63) is 29.8 Å². The molecule has 0 fully saturated rings. The van der Waals surface area contributed by atoms with Gasteiger partial charge in [0.15, 0.2) is 0 Å². The van der Waals surface area contributed by atoms with Gasteiger partial charge in [-0.2, -0.15) is 0 Å². The highest BCUT2D eigenvalue weighted by atomic mass is 16.6. The molecule has 0 bridgehead atoms. The van der Waals surface area contributed by atoms with Crippen molar-refractivity contribution in [2.45, 2.75) is 20.8 Å². The third-order valence-electron chi connectivity index (χ3n) is 2.45. The molecule has 0 aliphatic rings. The van der Waals surface area contributed by atoms with Crippen LogP contribution in [0.2, 0.25) is 0 Å². The molecular formula is C18H28O4. The molecule has 0 aromatic heterocycles. The van der Waals surface area contributed by atoms with Gasteiger partial charge in [0.05, 0.1) is 33.0 Å². The molecule has 0 saturated carbocycles. The molecule has 0 atom stereocenters. The molecule has 0 unspecified atom stereocenters. The van der Waals surface area contributed by atoms with Gasteiger partial charge in [0.2, 0.25) is 0 Å². The first kappa shape index (κ1) is 20.5. The summed E-state index contributed by atoms with van der Waals surface area (Å²) < 4.78 is 21.3. The minimum absolute atomic E-state index is 0.330. The zero-order valence-electron chi connectivity index (χ0n) is 14.0. The molecule has 22 heavy (non-hydrogen) atoms. The number of benzene rings is 1. The van der Waals surface area contributed by atoms with E-state index < -0.39 is 0 Å². The molecule has 0 spiro atoms. The van der Waals surface area contributed by atoms with E-state index >= 15 is 0 Å². The molecule has 0 N–H and O–H groups in total. The van der Waals surface area contributed by atoms with Gasteiger partial charge < -0.3 is 18.9 Å². The zero-order valence-corrected chi connectivity index (χ0v) is 14.0. The molecule has 0 heterocycles. The Balaban J connectivity index is 0.00000211. The highest BCUT2D eigenvalue weighted by Gasteiger charge is 1.94. The normalized spacial score (nSPS) is 9.55. The first-order chi connectivity index (χ1) is 10.8. The van der Waals surface area contributed by atoms with E-state index in [0.717, 1.165) is 5.75 Å². The summed E-state index contributed by atoms with van der Waals surface area (Å²) in [6, 6.07) is 7.95. The molecule has 0 aliphatic carbocycles. The van der Waals surface area contributed by atoms with Crippen LogP contribution >= 0.6 is 0 Å². The molecular weight excluding hydrogens is 280 g/mol. The van der Waals surface area contributed by atoms with Crippen LogP contribution < -0.4 is 4.74 Å². The number of terminal acetylenes is 1. The van der Waals surface area contributed by atoms with Crippen LogP contribution in [0.1, 0.15) is 19.4 Å². The standard InChI is InChI=1S/C16H22O4.C2H6/c1-3-8-17-9-10-18-11-12-19-13-14-20-16-6-4-15(2)5-7-16;1-2/h1,4-7H,8-14H2,2H3;1-2H3. The van der Waals surface area contributed by atoms with E-state index in [1.54, 1.807) is 0 Å². The number of hydrogen-bond donors (Lipinski definition) is 0. The van der Waals surface area contributed by atoms with Crippen LogP contribution in [-0.4, -0.2) is 46.2 Å². The van der Waals surface area contributed by atoms with Crippen LogP contribution in [0, 0.1) is 19.3 Å². The lowest BCUT2D eigenvalue weighted by Gasteiger charge is -2.08. The fourth-order valence-electron chi connectivity index (χ4n) is 1.42. The van der Waals surface area contributed by atoms with Crippen LogP contribution in [0.4, 0.5) is 0 Å². The van der Waals surface area contributed by atoms with Gasteiger partial charge in [0.1, 0.15) is 19.0 Å². The van der Waals surface area contributed by atoms with Gasteiger partial charge >= 0.3 is 0 Å². The van der Waals surface area contributed by atoms with Gasteiger partial charge in [-0.3, -0.25) is 0 Å². The summed E-state index contributed by atoms with van der Waals surface area (Å²) in [6.45, 7) is 9.60. The molecule has 0 saturated heterocycles. The second-order valence-corrected chi connectivity index (χ2v) is 4.14. The molecule has 0 aliphatic heterocycles. The topological polar surface area (TPSA) is 36.9 Å². The van der Waals surface area contributed by atoms with E-state index in [1.807, 2.05) is 45.0 Å². The Kier molecular flexibility index (Phi) is 14.7. The summed E-state index contributed by atoms with van der Waals surface area (Å²) in [5, 5.41) is 0. The number of aryl methyl sites for hydroxylation is 1. The second-order valence-electron chi connectivity index (χ2n) is 4.14. The first-order valence-corrected chi connectivity index (χ1v) is 7.69. The van der Waals surface area contributed by atoms with Gasteiger partial charge in [-0.05, 0) is 19.1 Å². The van der Waals surface area contributed by atoms with Crippen molar-refractivity contribution in [3.8, 4) is 18.1 Å². The van der Waals surface area contributed by atoms with Gasteiger partial charge in [0.25, 0.3) is 0 Å². The van der Waals surface area contributed by atoms with Crippen LogP contribution in [0.5, 0.6) is 5.75 Å². The van der Waals surface area contributed by atoms with Gasteiger partial charge in [-0.25, -0.2) is 0 Å². The Morgan fingerprint density at radius 1 is 0.818 bits per heavy atom. The maximum Gasteiger partial charge on any atom is 0.119 e. The van der Waals surface area contributed by atoms with E-state index in [0.29, 0.717) is 46.2 Å². The highest BCUT2D eigenvalue weighted by Crippen LogP contribution is 2.10. The largest absolute Gasteiger partial charge is 0.491 e. The quantitative estimate of drug-likeness (QED) is 0.465. The molecule has 1 aromatic rings. The molecule has 1 rings (SSSR count). The summed E-state index contributed by atoms with van der Waals surface area (Å²) in [6.07, 6.45) is 5.04. The molecule has 0 radical (unpaired) electrons. The fourth-order valence-corrected chi connectivity index (χ4v) is 1.42. The maximum absolute atomic E-state index is 5.53. The Morgan fingerprint density at radius 3 is 1.86 bits per heavy atom. The highest BCUT2D eigenvalue weighted by molar-refractivity contribution is 5.26. The minimum atomic E-state index is 0.330. The smallest absolute Gasteiger partial charge is 0.119 e. The molecule has 4 nitrogen and oxygen atoms in total. The predicted molar refractivity (Wildman–Crippen MR) is 89.3 cm³/mol. The molecule has 1 aromatic carbocycles. The van der Waals surface area contributed by atoms with E-state index in [1.165, 1.54) is 5.56 Å². The number of ether oxygens (including phenoxy) is 4. The van der Waals surface area contributed by atoms with Crippen molar-refractivity contribution >= 4 is 0 Å². The van der Waals surface area contributed by atoms with E-state index in [2.05, 4.69) is 5.92 Å². The van der Waals surface area contributed by atoms with Crippen LogP contribution in [-0.2, 0) is 14.2 Å². The Labute approximate surface area is 134 Å². The van der Waals surface area contributed by atoms with Crippen molar-refractivity contribution in [3.63, 3.8) is 0 Å². The van der Waals surface area contributed by atoms with Crippen molar-refractivity contribution in [1.82, 2.24) is 0 Å². The summed E-state index contributed by atoms with van der Waals surface area (Å²) in [7, 11) is 0. The maximum atomic E-state index is 5.53. The molecule has 4 heteroatoms. The summed E-state index contributed by atoms with van der Waals surface area (Å²) in [5.74, 6) is 3.26. The van der Waals surface area contributed by atoms with Crippen molar-refractivity contribution in [2.75, 3.05) is 46.2 Å². The molecule has 124 valence electrons. The zero-order chi connectivity index (χ0) is 16.5. The van der Waals surface area contributed by atoms with E-state index in [-0.39, 0.29) is 0 Å². The SMILES string of the molecule is C#CCOCCOCCOCCOc1ccc(C)cc1.CC. The monoisotopic (exact) mass is 308 g/mol. The van der Waals surface area contributed by atoms with Crippen LogP contribution in [0.15, 0.2) is 24.3 Å². The number of hydrogen-bond acceptors (Lipinski definition) is 4. The van der Waals surface area contributed by atoms with Crippen molar-refractivity contribution in [1.29, 1.82) is 0 Å². The Bertz CT molecular complexity index is 381. The average molecular weight is 308 g/mol. The lowest BCUT2D eigenvalue weighted by atomic mass is 10.2. The van der Waals surface area contributed by atoms with Crippen LogP contribution in [0.25, 0.3) is 0 Å². The minimum Gasteiger partial charge on any atom is -0.491 e. The van der Waals surface area contributed by atoms with Crippen molar-refractivity contribution in [2.24, 2.45) is 0 Å². The first-order valence-electron chi connectivity index (χ1n) is 7.69. The van der Waals surface area contributed by atoms with Gasteiger partial charge in [-0.15, -0.1) is 6.42 Å². The lowest BCUT2D eigenvalue weighted by molar-refractivity contribution is 0.0142. The lowest BCUT2D eigenvalue weighted by Crippen LogP contribution is -2.12. The second kappa shape index (κ2) is 15.8. The third-order valence-corrected chi connectivity index (χ3v) is 2.45. The average Bonchev–Trinajstić information content (AvgIpc) is 2.56. The van der Waals surface area contributed by atoms with E-state index in [9.17, 15) is 0 Å². The Morgan fingerprint density at radius 2 is 1.32 bits per heavy atom. The summed E-state index contributed by atoms with van der Waals surface area (Å²) in [5.41, 5.74) is 1.22. The summed E-state index contributed by atoms with van der Waals surface area (Å²) >= 11 is 0. The third kappa shape index (κ3) is 12.2. The van der Waals surface area contributed by atoms with E-state index in [4.69, 9.17) is 25.4 Å². The van der Waals surface area contributed by atoms with Crippen LogP contribution in [0.3, 0.4) is 0 Å². The summed E-state index contributed by atoms with van der Waals surface area (Å²) in [4.78, 5) is 0. The number of rotatable bonds is 11. The van der Waals surface area contributed by atoms with Crippen molar-refractivity contribution < 1.29 is 18.9 Å². The fraction of sp³-hybridized carbons (Fsp3) is 0.556. The predicted octanol–water partition coefficient (Wildman–Crippen LogP) is 3.08. The Hall–Kier alpha value is -1.54. The molecule has 0 amide bonds.